The minimum absolute atomic E-state index is 0.197. The Bertz CT molecular complexity index is 261. The topological polar surface area (TPSA) is 9.23 Å². The highest BCUT2D eigenvalue weighted by atomic mass is 19.1. The SMILES string of the molecule is CC.CCOCc1ccc(F)cc1F. The number of ether oxygens (including phenoxy) is 1. The first-order valence-corrected chi connectivity index (χ1v) is 4.75. The number of hydrogen-bond acceptors (Lipinski definition) is 1. The summed E-state index contributed by atoms with van der Waals surface area (Å²) in [7, 11) is 0. The van der Waals surface area contributed by atoms with Gasteiger partial charge in [-0.05, 0) is 13.0 Å². The van der Waals surface area contributed by atoms with Crippen LogP contribution >= 0.6 is 0 Å². The van der Waals surface area contributed by atoms with Crippen LogP contribution in [0.1, 0.15) is 26.3 Å². The monoisotopic (exact) mass is 202 g/mol. The van der Waals surface area contributed by atoms with Gasteiger partial charge in [-0.25, -0.2) is 8.78 Å². The number of hydrogen-bond donors (Lipinski definition) is 0. The third kappa shape index (κ3) is 4.33. The lowest BCUT2D eigenvalue weighted by molar-refractivity contribution is 0.131. The fraction of sp³-hybridized carbons (Fsp3) is 0.455. The lowest BCUT2D eigenvalue weighted by Crippen LogP contribution is -1.95. The Kier molecular flexibility index (Phi) is 6.93. The Hall–Kier alpha value is -0.960. The molecule has 0 heterocycles. The smallest absolute Gasteiger partial charge is 0.131 e. The summed E-state index contributed by atoms with van der Waals surface area (Å²) in [5.74, 6) is -1.11. The highest BCUT2D eigenvalue weighted by molar-refractivity contribution is 5.17. The van der Waals surface area contributed by atoms with E-state index in [1.54, 1.807) is 0 Å². The van der Waals surface area contributed by atoms with Crippen molar-refractivity contribution < 1.29 is 13.5 Å². The number of rotatable bonds is 3. The van der Waals surface area contributed by atoms with Crippen molar-refractivity contribution in [3.05, 3.63) is 35.4 Å². The summed E-state index contributed by atoms with van der Waals surface area (Å²) in [6.07, 6.45) is 0. The van der Waals surface area contributed by atoms with Gasteiger partial charge in [-0.3, -0.25) is 0 Å². The average molecular weight is 202 g/mol. The van der Waals surface area contributed by atoms with Gasteiger partial charge in [0.1, 0.15) is 11.6 Å². The van der Waals surface area contributed by atoms with E-state index in [1.165, 1.54) is 12.1 Å². The molecule has 80 valence electrons. The maximum Gasteiger partial charge on any atom is 0.131 e. The zero-order chi connectivity index (χ0) is 11.0. The van der Waals surface area contributed by atoms with Crippen LogP contribution in [0.4, 0.5) is 8.78 Å². The van der Waals surface area contributed by atoms with E-state index in [9.17, 15) is 8.78 Å². The Morgan fingerprint density at radius 1 is 1.21 bits per heavy atom. The maximum atomic E-state index is 12.9. The van der Waals surface area contributed by atoms with E-state index >= 15 is 0 Å². The van der Waals surface area contributed by atoms with Crippen LogP contribution < -0.4 is 0 Å². The second kappa shape index (κ2) is 7.44. The largest absolute Gasteiger partial charge is 0.377 e. The minimum Gasteiger partial charge on any atom is -0.377 e. The van der Waals surface area contributed by atoms with Crippen molar-refractivity contribution in [2.75, 3.05) is 6.61 Å². The molecule has 0 saturated carbocycles. The molecule has 0 bridgehead atoms. The van der Waals surface area contributed by atoms with Crippen LogP contribution in [0.25, 0.3) is 0 Å². The van der Waals surface area contributed by atoms with Gasteiger partial charge in [-0.15, -0.1) is 0 Å². The third-order valence-corrected chi connectivity index (χ3v) is 1.48. The van der Waals surface area contributed by atoms with Gasteiger partial charge in [0.05, 0.1) is 6.61 Å². The van der Waals surface area contributed by atoms with Crippen molar-refractivity contribution in [1.29, 1.82) is 0 Å². The van der Waals surface area contributed by atoms with Gasteiger partial charge in [0.25, 0.3) is 0 Å². The van der Waals surface area contributed by atoms with E-state index in [2.05, 4.69) is 0 Å². The molecule has 14 heavy (non-hydrogen) atoms. The predicted molar refractivity (Wildman–Crippen MR) is 53.0 cm³/mol. The first kappa shape index (κ1) is 13.0. The quantitative estimate of drug-likeness (QED) is 0.728. The molecule has 0 unspecified atom stereocenters. The van der Waals surface area contributed by atoms with Gasteiger partial charge in [0.2, 0.25) is 0 Å². The molecule has 0 amide bonds. The molecule has 0 spiro atoms. The van der Waals surface area contributed by atoms with E-state index < -0.39 is 11.6 Å². The minimum atomic E-state index is -0.562. The zero-order valence-corrected chi connectivity index (χ0v) is 8.81. The molecule has 0 aliphatic rings. The summed E-state index contributed by atoms with van der Waals surface area (Å²) >= 11 is 0. The van der Waals surface area contributed by atoms with E-state index in [0.717, 1.165) is 6.07 Å². The summed E-state index contributed by atoms with van der Waals surface area (Å²) in [5, 5.41) is 0. The molecular weight excluding hydrogens is 186 g/mol. The van der Waals surface area contributed by atoms with Crippen molar-refractivity contribution in [2.24, 2.45) is 0 Å². The van der Waals surface area contributed by atoms with Crippen molar-refractivity contribution >= 4 is 0 Å². The van der Waals surface area contributed by atoms with E-state index in [4.69, 9.17) is 4.74 Å². The Balaban J connectivity index is 0.000000791. The standard InChI is InChI=1S/C9H10F2O.C2H6/c1-2-12-6-7-3-4-8(10)5-9(7)11;1-2/h3-5H,2,6H2,1H3;1-2H3. The second-order valence-electron chi connectivity index (χ2n) is 2.37. The van der Waals surface area contributed by atoms with Crippen LogP contribution in [0.3, 0.4) is 0 Å². The van der Waals surface area contributed by atoms with Gasteiger partial charge in [-0.1, -0.05) is 19.9 Å². The van der Waals surface area contributed by atoms with Crippen LogP contribution in [0, 0.1) is 11.6 Å². The first-order chi connectivity index (χ1) is 6.74. The lowest BCUT2D eigenvalue weighted by atomic mass is 10.2. The lowest BCUT2D eigenvalue weighted by Gasteiger charge is -2.02. The van der Waals surface area contributed by atoms with E-state index in [0.29, 0.717) is 12.2 Å². The molecule has 1 aromatic carbocycles. The summed E-state index contributed by atoms with van der Waals surface area (Å²) < 4.78 is 30.2. The maximum absolute atomic E-state index is 12.9. The molecule has 0 saturated heterocycles. The fourth-order valence-electron chi connectivity index (χ4n) is 0.851. The average Bonchev–Trinajstić information content (AvgIpc) is 2.20. The van der Waals surface area contributed by atoms with Gasteiger partial charge in [-0.2, -0.15) is 0 Å². The molecule has 1 aromatic rings. The van der Waals surface area contributed by atoms with E-state index in [1.807, 2.05) is 20.8 Å². The van der Waals surface area contributed by atoms with E-state index in [-0.39, 0.29) is 6.61 Å². The molecule has 0 aromatic heterocycles. The third-order valence-electron chi connectivity index (χ3n) is 1.48. The fourth-order valence-corrected chi connectivity index (χ4v) is 0.851. The molecule has 1 rings (SSSR count). The predicted octanol–water partition coefficient (Wildman–Crippen LogP) is 3.53. The van der Waals surface area contributed by atoms with Crippen molar-refractivity contribution in [2.45, 2.75) is 27.4 Å². The summed E-state index contributed by atoms with van der Waals surface area (Å²) in [6.45, 7) is 6.54. The summed E-state index contributed by atoms with van der Waals surface area (Å²) in [4.78, 5) is 0. The highest BCUT2D eigenvalue weighted by Gasteiger charge is 2.02. The highest BCUT2D eigenvalue weighted by Crippen LogP contribution is 2.10. The van der Waals surface area contributed by atoms with Crippen LogP contribution in [0.2, 0.25) is 0 Å². The van der Waals surface area contributed by atoms with Crippen molar-refractivity contribution in [3.63, 3.8) is 0 Å². The van der Waals surface area contributed by atoms with Crippen LogP contribution in [-0.4, -0.2) is 6.61 Å². The summed E-state index contributed by atoms with van der Waals surface area (Å²) in [5.41, 5.74) is 0.387. The molecule has 0 N–H and O–H groups in total. The molecule has 0 radical (unpaired) electrons. The van der Waals surface area contributed by atoms with Crippen LogP contribution in [0.5, 0.6) is 0 Å². The van der Waals surface area contributed by atoms with Gasteiger partial charge in [0, 0.05) is 18.2 Å². The second-order valence-corrected chi connectivity index (χ2v) is 2.37. The number of benzene rings is 1. The molecule has 0 aliphatic carbocycles. The van der Waals surface area contributed by atoms with Crippen LogP contribution in [0.15, 0.2) is 18.2 Å². The molecule has 1 nitrogen and oxygen atoms in total. The summed E-state index contributed by atoms with van der Waals surface area (Å²) in [6, 6.07) is 3.46. The Morgan fingerprint density at radius 3 is 2.36 bits per heavy atom. The van der Waals surface area contributed by atoms with Gasteiger partial charge >= 0.3 is 0 Å². The number of halogens is 2. The molecule has 3 heteroatoms. The molecule has 0 aliphatic heterocycles. The molecule has 0 atom stereocenters. The van der Waals surface area contributed by atoms with Gasteiger partial charge < -0.3 is 4.74 Å². The van der Waals surface area contributed by atoms with Crippen molar-refractivity contribution in [3.8, 4) is 0 Å². The normalized spacial score (nSPS) is 9.21. The Labute approximate surface area is 83.7 Å². The van der Waals surface area contributed by atoms with Crippen molar-refractivity contribution in [1.82, 2.24) is 0 Å². The van der Waals surface area contributed by atoms with Crippen LogP contribution in [-0.2, 0) is 11.3 Å². The first-order valence-electron chi connectivity index (χ1n) is 4.75. The Morgan fingerprint density at radius 2 is 1.86 bits per heavy atom. The molecular formula is C11H16F2O. The van der Waals surface area contributed by atoms with Gasteiger partial charge in [0.15, 0.2) is 0 Å². The zero-order valence-electron chi connectivity index (χ0n) is 8.81. The molecule has 0 fully saturated rings.